The molecular weight excluding hydrogens is 264 g/mol. The Morgan fingerprint density at radius 1 is 1.29 bits per heavy atom. The third kappa shape index (κ3) is 2.70. The number of furan rings is 1. The van der Waals surface area contributed by atoms with Gasteiger partial charge in [0.05, 0.1) is 23.3 Å². The number of aryl methyl sites for hydroxylation is 1. The summed E-state index contributed by atoms with van der Waals surface area (Å²) in [4.78, 5) is 4.75. The Kier molecular flexibility index (Phi) is 4.03. The normalized spacial score (nSPS) is 12.9. The van der Waals surface area contributed by atoms with Crippen molar-refractivity contribution >= 4 is 11.0 Å². The van der Waals surface area contributed by atoms with Crippen molar-refractivity contribution in [1.82, 2.24) is 15.0 Å². The van der Waals surface area contributed by atoms with Crippen LogP contribution in [0.25, 0.3) is 11.0 Å². The van der Waals surface area contributed by atoms with Gasteiger partial charge >= 0.3 is 0 Å². The minimum absolute atomic E-state index is 0.0765. The fourth-order valence-electron chi connectivity index (χ4n) is 2.67. The molecule has 0 spiro atoms. The van der Waals surface area contributed by atoms with Crippen LogP contribution in [-0.2, 0) is 13.0 Å². The maximum Gasteiger partial charge on any atom is 0.122 e. The molecule has 0 aliphatic heterocycles. The number of nitrogens with two attached hydrogens (primary N) is 1. The predicted molar refractivity (Wildman–Crippen MR) is 82.5 cm³/mol. The molecule has 0 fully saturated rings. The SMILES string of the molecule is CCCn1c(CC(NN)c2ccco2)nc2ccccc21. The average molecular weight is 284 g/mol. The maximum atomic E-state index is 5.68. The van der Waals surface area contributed by atoms with Gasteiger partial charge in [-0.3, -0.25) is 5.84 Å². The molecule has 0 bridgehead atoms. The van der Waals surface area contributed by atoms with E-state index in [0.717, 1.165) is 30.1 Å². The van der Waals surface area contributed by atoms with E-state index >= 15 is 0 Å². The highest BCUT2D eigenvalue weighted by molar-refractivity contribution is 5.75. The molecule has 0 amide bonds. The highest BCUT2D eigenvalue weighted by atomic mass is 16.3. The van der Waals surface area contributed by atoms with Gasteiger partial charge in [0.15, 0.2) is 0 Å². The van der Waals surface area contributed by atoms with E-state index in [-0.39, 0.29) is 6.04 Å². The van der Waals surface area contributed by atoms with Crippen molar-refractivity contribution in [2.75, 3.05) is 0 Å². The molecule has 3 aromatic rings. The third-order valence-corrected chi connectivity index (χ3v) is 3.66. The molecule has 1 unspecified atom stereocenters. The van der Waals surface area contributed by atoms with Gasteiger partial charge in [0, 0.05) is 13.0 Å². The lowest BCUT2D eigenvalue weighted by molar-refractivity contribution is 0.407. The molecule has 1 aromatic carbocycles. The summed E-state index contributed by atoms with van der Waals surface area (Å²) in [6.07, 6.45) is 3.42. The summed E-state index contributed by atoms with van der Waals surface area (Å²) in [5.41, 5.74) is 5.01. The van der Waals surface area contributed by atoms with Gasteiger partial charge in [-0.25, -0.2) is 10.4 Å². The zero-order valence-corrected chi connectivity index (χ0v) is 12.1. The fourth-order valence-corrected chi connectivity index (χ4v) is 2.67. The number of imidazole rings is 1. The van der Waals surface area contributed by atoms with Crippen LogP contribution in [0.4, 0.5) is 0 Å². The van der Waals surface area contributed by atoms with E-state index in [0.29, 0.717) is 6.42 Å². The highest BCUT2D eigenvalue weighted by Gasteiger charge is 2.18. The van der Waals surface area contributed by atoms with Crippen LogP contribution < -0.4 is 11.3 Å². The van der Waals surface area contributed by atoms with Gasteiger partial charge in [-0.2, -0.15) is 0 Å². The fraction of sp³-hybridized carbons (Fsp3) is 0.312. The monoisotopic (exact) mass is 284 g/mol. The van der Waals surface area contributed by atoms with E-state index in [1.807, 2.05) is 30.3 Å². The summed E-state index contributed by atoms with van der Waals surface area (Å²) < 4.78 is 7.72. The Morgan fingerprint density at radius 3 is 2.86 bits per heavy atom. The van der Waals surface area contributed by atoms with Gasteiger partial charge in [0.2, 0.25) is 0 Å². The van der Waals surface area contributed by atoms with Crippen LogP contribution in [0.5, 0.6) is 0 Å². The molecule has 2 aromatic heterocycles. The first-order valence-electron chi connectivity index (χ1n) is 7.27. The molecule has 2 heterocycles. The van der Waals surface area contributed by atoms with E-state index < -0.39 is 0 Å². The topological polar surface area (TPSA) is 69.0 Å². The Hall–Kier alpha value is -2.11. The molecule has 0 saturated carbocycles. The van der Waals surface area contributed by atoms with E-state index in [9.17, 15) is 0 Å². The largest absolute Gasteiger partial charge is 0.468 e. The van der Waals surface area contributed by atoms with E-state index in [1.165, 1.54) is 5.52 Å². The number of hydrogen-bond donors (Lipinski definition) is 2. The number of rotatable bonds is 6. The number of nitrogens with one attached hydrogen (secondary N) is 1. The Bertz CT molecular complexity index is 702. The van der Waals surface area contributed by atoms with E-state index in [2.05, 4.69) is 23.0 Å². The van der Waals surface area contributed by atoms with Crippen molar-refractivity contribution < 1.29 is 4.42 Å². The molecule has 5 nitrogen and oxygen atoms in total. The minimum atomic E-state index is -0.0765. The van der Waals surface area contributed by atoms with Crippen molar-refractivity contribution in [3.63, 3.8) is 0 Å². The molecule has 5 heteroatoms. The summed E-state index contributed by atoms with van der Waals surface area (Å²) >= 11 is 0. The molecule has 110 valence electrons. The molecule has 3 rings (SSSR count). The van der Waals surface area contributed by atoms with Crippen molar-refractivity contribution in [3.8, 4) is 0 Å². The summed E-state index contributed by atoms with van der Waals surface area (Å²) in [6, 6.07) is 11.9. The zero-order chi connectivity index (χ0) is 14.7. The van der Waals surface area contributed by atoms with Gasteiger partial charge in [-0.1, -0.05) is 19.1 Å². The van der Waals surface area contributed by atoms with Crippen LogP contribution >= 0.6 is 0 Å². The number of aromatic nitrogens is 2. The van der Waals surface area contributed by atoms with Crippen molar-refractivity contribution in [3.05, 3.63) is 54.2 Å². The Morgan fingerprint density at radius 2 is 2.14 bits per heavy atom. The zero-order valence-electron chi connectivity index (χ0n) is 12.1. The molecule has 21 heavy (non-hydrogen) atoms. The van der Waals surface area contributed by atoms with Gasteiger partial charge < -0.3 is 8.98 Å². The molecule has 0 aliphatic carbocycles. The van der Waals surface area contributed by atoms with Crippen LogP contribution in [0.15, 0.2) is 47.1 Å². The van der Waals surface area contributed by atoms with Gasteiger partial charge in [0.25, 0.3) is 0 Å². The number of hydrogen-bond acceptors (Lipinski definition) is 4. The van der Waals surface area contributed by atoms with E-state index in [4.69, 9.17) is 15.2 Å². The number of para-hydroxylation sites is 2. The standard InChI is InChI=1S/C16H20N4O/c1-2-9-20-14-7-4-3-6-12(14)18-16(20)11-13(19-17)15-8-5-10-21-15/h3-8,10,13,19H,2,9,11,17H2,1H3. The summed E-state index contributed by atoms with van der Waals surface area (Å²) in [5, 5.41) is 0. The summed E-state index contributed by atoms with van der Waals surface area (Å²) in [6.45, 7) is 3.12. The molecule has 0 radical (unpaired) electrons. The second-order valence-corrected chi connectivity index (χ2v) is 5.11. The predicted octanol–water partition coefficient (Wildman–Crippen LogP) is 2.79. The van der Waals surface area contributed by atoms with E-state index in [1.54, 1.807) is 6.26 Å². The molecule has 3 N–H and O–H groups in total. The van der Waals surface area contributed by atoms with Gasteiger partial charge in [0.1, 0.15) is 11.6 Å². The molecule has 0 saturated heterocycles. The third-order valence-electron chi connectivity index (χ3n) is 3.66. The first-order valence-corrected chi connectivity index (χ1v) is 7.27. The second kappa shape index (κ2) is 6.11. The smallest absolute Gasteiger partial charge is 0.122 e. The first-order chi connectivity index (χ1) is 10.3. The molecular formula is C16H20N4O. The van der Waals surface area contributed by atoms with Crippen LogP contribution in [0.3, 0.4) is 0 Å². The molecule has 0 aliphatic rings. The lowest BCUT2D eigenvalue weighted by Gasteiger charge is -2.14. The second-order valence-electron chi connectivity index (χ2n) is 5.11. The van der Waals surface area contributed by atoms with Crippen LogP contribution in [-0.4, -0.2) is 9.55 Å². The maximum absolute atomic E-state index is 5.68. The van der Waals surface area contributed by atoms with Crippen LogP contribution in [0.2, 0.25) is 0 Å². The average Bonchev–Trinajstić information content (AvgIpc) is 3.14. The van der Waals surface area contributed by atoms with Crippen molar-refractivity contribution in [1.29, 1.82) is 0 Å². The van der Waals surface area contributed by atoms with Gasteiger partial charge in [-0.05, 0) is 30.7 Å². The van der Waals surface area contributed by atoms with Gasteiger partial charge in [-0.15, -0.1) is 0 Å². The molecule has 1 atom stereocenters. The summed E-state index contributed by atoms with van der Waals surface area (Å²) in [5.74, 6) is 7.53. The van der Waals surface area contributed by atoms with Crippen LogP contribution in [0, 0.1) is 0 Å². The lowest BCUT2D eigenvalue weighted by atomic mass is 10.1. The van der Waals surface area contributed by atoms with Crippen LogP contribution in [0.1, 0.15) is 31.0 Å². The van der Waals surface area contributed by atoms with Crippen molar-refractivity contribution in [2.24, 2.45) is 5.84 Å². The Labute approximate surface area is 123 Å². The van der Waals surface area contributed by atoms with Crippen molar-refractivity contribution in [2.45, 2.75) is 32.4 Å². The number of fused-ring (bicyclic) bond motifs is 1. The quantitative estimate of drug-likeness (QED) is 0.539. The Balaban J connectivity index is 1.97. The highest BCUT2D eigenvalue weighted by Crippen LogP contribution is 2.22. The number of hydrazine groups is 1. The lowest BCUT2D eigenvalue weighted by Crippen LogP contribution is -2.30. The summed E-state index contributed by atoms with van der Waals surface area (Å²) in [7, 11) is 0. The number of benzene rings is 1. The number of nitrogens with zero attached hydrogens (tertiary/aromatic N) is 2. The first kappa shape index (κ1) is 13.9. The minimum Gasteiger partial charge on any atom is -0.468 e.